The molecule has 1 rings (SSSR count). The van der Waals surface area contributed by atoms with E-state index in [0.29, 0.717) is 24.2 Å². The second-order valence-corrected chi connectivity index (χ2v) is 3.11. The summed E-state index contributed by atoms with van der Waals surface area (Å²) < 4.78 is 4.87. The minimum Gasteiger partial charge on any atom is -0.462 e. The third kappa shape index (κ3) is 2.76. The van der Waals surface area contributed by atoms with Gasteiger partial charge in [0.1, 0.15) is 0 Å². The van der Waals surface area contributed by atoms with Gasteiger partial charge in [-0.1, -0.05) is 6.92 Å². The number of carbonyl (C=O) groups is 1. The molecular weight excluding hydrogens is 194 g/mol. The van der Waals surface area contributed by atoms with Gasteiger partial charge in [-0.05, 0) is 25.0 Å². The predicted molar refractivity (Wildman–Crippen MR) is 55.4 cm³/mol. The van der Waals surface area contributed by atoms with Crippen molar-refractivity contribution in [1.29, 1.82) is 0 Å². The van der Waals surface area contributed by atoms with Gasteiger partial charge in [0.05, 0.1) is 18.3 Å². The highest BCUT2D eigenvalue weighted by atomic mass is 16.5. The first kappa shape index (κ1) is 11.7. The molecule has 0 radical (unpaired) electrons. The number of esters is 1. The SMILES string of the molecule is CCOC(=O)c1cnccc1C(O)CC. The van der Waals surface area contributed by atoms with Gasteiger partial charge < -0.3 is 9.84 Å². The first-order valence-corrected chi connectivity index (χ1v) is 4.99. The number of aromatic nitrogens is 1. The number of aliphatic hydroxyl groups excluding tert-OH is 1. The van der Waals surface area contributed by atoms with Crippen LogP contribution >= 0.6 is 0 Å². The fourth-order valence-corrected chi connectivity index (χ4v) is 1.30. The number of ether oxygens (including phenoxy) is 1. The molecule has 4 heteroatoms. The van der Waals surface area contributed by atoms with Crippen molar-refractivity contribution >= 4 is 5.97 Å². The van der Waals surface area contributed by atoms with E-state index in [9.17, 15) is 9.90 Å². The fraction of sp³-hybridized carbons (Fsp3) is 0.455. The second-order valence-electron chi connectivity index (χ2n) is 3.11. The maximum absolute atomic E-state index is 11.5. The fourth-order valence-electron chi connectivity index (χ4n) is 1.30. The van der Waals surface area contributed by atoms with E-state index in [1.54, 1.807) is 19.2 Å². The van der Waals surface area contributed by atoms with Crippen molar-refractivity contribution in [2.24, 2.45) is 0 Å². The molecule has 0 bridgehead atoms. The smallest absolute Gasteiger partial charge is 0.340 e. The van der Waals surface area contributed by atoms with Gasteiger partial charge in [0.25, 0.3) is 0 Å². The Kier molecular flexibility index (Phi) is 4.24. The summed E-state index contributed by atoms with van der Waals surface area (Å²) in [5.41, 5.74) is 0.916. The van der Waals surface area contributed by atoms with Crippen LogP contribution in [0.1, 0.15) is 42.3 Å². The molecule has 0 aliphatic carbocycles. The topological polar surface area (TPSA) is 59.4 Å². The Labute approximate surface area is 88.9 Å². The van der Waals surface area contributed by atoms with Crippen LogP contribution in [0.25, 0.3) is 0 Å². The van der Waals surface area contributed by atoms with Crippen molar-refractivity contribution in [1.82, 2.24) is 4.98 Å². The molecule has 4 nitrogen and oxygen atoms in total. The first-order valence-electron chi connectivity index (χ1n) is 4.99. The van der Waals surface area contributed by atoms with Crippen LogP contribution in [0.3, 0.4) is 0 Å². The number of carbonyl (C=O) groups excluding carboxylic acids is 1. The number of hydrogen-bond donors (Lipinski definition) is 1. The van der Waals surface area contributed by atoms with E-state index in [0.717, 1.165) is 0 Å². The third-order valence-electron chi connectivity index (χ3n) is 2.10. The molecule has 0 spiro atoms. The van der Waals surface area contributed by atoms with Crippen molar-refractivity contribution in [2.45, 2.75) is 26.4 Å². The number of pyridine rings is 1. The molecule has 82 valence electrons. The molecule has 1 aromatic heterocycles. The van der Waals surface area contributed by atoms with E-state index in [1.165, 1.54) is 6.20 Å². The molecular formula is C11H15NO3. The Hall–Kier alpha value is -1.42. The van der Waals surface area contributed by atoms with E-state index in [-0.39, 0.29) is 0 Å². The average Bonchev–Trinajstić information content (AvgIpc) is 2.28. The molecule has 1 heterocycles. The molecule has 0 aliphatic heterocycles. The van der Waals surface area contributed by atoms with Crippen LogP contribution < -0.4 is 0 Å². The van der Waals surface area contributed by atoms with E-state index in [2.05, 4.69) is 4.98 Å². The predicted octanol–water partition coefficient (Wildman–Crippen LogP) is 1.70. The van der Waals surface area contributed by atoms with Gasteiger partial charge in [-0.3, -0.25) is 4.98 Å². The lowest BCUT2D eigenvalue weighted by Crippen LogP contribution is -2.11. The van der Waals surface area contributed by atoms with Crippen LogP contribution in [-0.2, 0) is 4.74 Å². The molecule has 0 amide bonds. The van der Waals surface area contributed by atoms with E-state index in [4.69, 9.17) is 4.74 Å². The molecule has 15 heavy (non-hydrogen) atoms. The third-order valence-corrected chi connectivity index (χ3v) is 2.10. The maximum Gasteiger partial charge on any atom is 0.340 e. The van der Waals surface area contributed by atoms with Crippen molar-refractivity contribution in [2.75, 3.05) is 6.61 Å². The summed E-state index contributed by atoms with van der Waals surface area (Å²) in [5.74, 6) is -0.437. The second kappa shape index (κ2) is 5.46. The summed E-state index contributed by atoms with van der Waals surface area (Å²) in [6.07, 6.45) is 2.88. The highest BCUT2D eigenvalue weighted by Crippen LogP contribution is 2.20. The van der Waals surface area contributed by atoms with E-state index < -0.39 is 12.1 Å². The molecule has 1 N–H and O–H groups in total. The number of nitrogens with zero attached hydrogens (tertiary/aromatic N) is 1. The minimum absolute atomic E-state index is 0.315. The van der Waals surface area contributed by atoms with Gasteiger partial charge in [-0.15, -0.1) is 0 Å². The average molecular weight is 209 g/mol. The normalized spacial score (nSPS) is 12.2. The van der Waals surface area contributed by atoms with Gasteiger partial charge in [0.15, 0.2) is 0 Å². The largest absolute Gasteiger partial charge is 0.462 e. The number of aliphatic hydroxyl groups is 1. The Morgan fingerprint density at radius 2 is 2.33 bits per heavy atom. The highest BCUT2D eigenvalue weighted by Gasteiger charge is 2.16. The molecule has 1 atom stereocenters. The summed E-state index contributed by atoms with van der Waals surface area (Å²) in [5, 5.41) is 9.69. The van der Waals surface area contributed by atoms with Gasteiger partial charge in [0, 0.05) is 12.4 Å². The molecule has 0 aliphatic rings. The van der Waals surface area contributed by atoms with Crippen LogP contribution in [0, 0.1) is 0 Å². The summed E-state index contributed by atoms with van der Waals surface area (Å²) in [7, 11) is 0. The lowest BCUT2D eigenvalue weighted by Gasteiger charge is -2.12. The van der Waals surface area contributed by atoms with Crippen LogP contribution in [0.5, 0.6) is 0 Å². The van der Waals surface area contributed by atoms with Crippen LogP contribution in [0.2, 0.25) is 0 Å². The molecule has 1 aromatic rings. The van der Waals surface area contributed by atoms with Crippen molar-refractivity contribution in [3.8, 4) is 0 Å². The summed E-state index contributed by atoms with van der Waals surface area (Å²) in [6.45, 7) is 3.90. The van der Waals surface area contributed by atoms with Crippen LogP contribution in [0.4, 0.5) is 0 Å². The summed E-state index contributed by atoms with van der Waals surface area (Å²) in [4.78, 5) is 15.4. The first-order chi connectivity index (χ1) is 7.20. The molecule has 0 aromatic carbocycles. The van der Waals surface area contributed by atoms with Crippen molar-refractivity contribution < 1.29 is 14.6 Å². The Morgan fingerprint density at radius 3 is 2.93 bits per heavy atom. The number of rotatable bonds is 4. The van der Waals surface area contributed by atoms with Gasteiger partial charge in [-0.25, -0.2) is 4.79 Å². The zero-order valence-electron chi connectivity index (χ0n) is 8.93. The molecule has 0 saturated carbocycles. The standard InChI is InChI=1S/C11H15NO3/c1-3-10(13)8-5-6-12-7-9(8)11(14)15-4-2/h5-7,10,13H,3-4H2,1-2H3. The Morgan fingerprint density at radius 1 is 1.60 bits per heavy atom. The van der Waals surface area contributed by atoms with Gasteiger partial charge in [0.2, 0.25) is 0 Å². The lowest BCUT2D eigenvalue weighted by atomic mass is 10.0. The highest BCUT2D eigenvalue weighted by molar-refractivity contribution is 5.90. The lowest BCUT2D eigenvalue weighted by molar-refractivity contribution is 0.0518. The molecule has 1 unspecified atom stereocenters. The maximum atomic E-state index is 11.5. The molecule has 0 fully saturated rings. The van der Waals surface area contributed by atoms with Crippen LogP contribution in [-0.4, -0.2) is 22.7 Å². The van der Waals surface area contributed by atoms with Gasteiger partial charge in [-0.2, -0.15) is 0 Å². The quantitative estimate of drug-likeness (QED) is 0.767. The Bertz CT molecular complexity index is 338. The zero-order valence-corrected chi connectivity index (χ0v) is 8.93. The summed E-state index contributed by atoms with van der Waals surface area (Å²) in [6, 6.07) is 1.64. The molecule has 0 saturated heterocycles. The monoisotopic (exact) mass is 209 g/mol. The zero-order chi connectivity index (χ0) is 11.3. The number of hydrogen-bond acceptors (Lipinski definition) is 4. The van der Waals surface area contributed by atoms with Crippen molar-refractivity contribution in [3.05, 3.63) is 29.6 Å². The van der Waals surface area contributed by atoms with E-state index in [1.807, 2.05) is 6.92 Å². The van der Waals surface area contributed by atoms with Crippen LogP contribution in [0.15, 0.2) is 18.5 Å². The van der Waals surface area contributed by atoms with Gasteiger partial charge >= 0.3 is 5.97 Å². The Balaban J connectivity index is 3.00. The van der Waals surface area contributed by atoms with Crippen molar-refractivity contribution in [3.63, 3.8) is 0 Å². The minimum atomic E-state index is -0.646. The van der Waals surface area contributed by atoms with E-state index >= 15 is 0 Å². The summed E-state index contributed by atoms with van der Waals surface area (Å²) >= 11 is 0.